The zero-order valence-corrected chi connectivity index (χ0v) is 12.6. The molecule has 0 unspecified atom stereocenters. The van der Waals surface area contributed by atoms with E-state index in [0.717, 1.165) is 0 Å². The highest BCUT2D eigenvalue weighted by Crippen LogP contribution is 2.15. The summed E-state index contributed by atoms with van der Waals surface area (Å²) in [5, 5.41) is 19.6. The number of carbonyl (C=O) groups excluding carboxylic acids is 1. The van der Waals surface area contributed by atoms with E-state index in [9.17, 15) is 15.0 Å². The maximum atomic E-state index is 12.0. The Hall–Kier alpha value is -0.810. The molecule has 0 atom stereocenters. The second kappa shape index (κ2) is 5.45. The molecule has 5 nitrogen and oxygen atoms in total. The monoisotopic (exact) mass is 261 g/mol. The fraction of sp³-hybridized carbons (Fsp3) is 0.923. The SMILES string of the molecule is CC(C)(O)CN(CC(C)(C)O)C(=O)OC(C)(C)C. The van der Waals surface area contributed by atoms with Crippen molar-refractivity contribution in [2.45, 2.75) is 65.3 Å². The second-order valence-electron chi connectivity index (χ2n) is 6.96. The normalized spacial score (nSPS) is 13.4. The van der Waals surface area contributed by atoms with E-state index in [1.54, 1.807) is 48.5 Å². The first kappa shape index (κ1) is 17.2. The summed E-state index contributed by atoms with van der Waals surface area (Å²) in [5.74, 6) is 0. The van der Waals surface area contributed by atoms with Crippen LogP contribution in [-0.2, 0) is 4.74 Å². The molecule has 5 heteroatoms. The molecule has 0 aromatic carbocycles. The van der Waals surface area contributed by atoms with Gasteiger partial charge in [0, 0.05) is 0 Å². The standard InChI is InChI=1S/C13H27NO4/c1-11(2,3)18-10(15)14(8-12(4,5)16)9-13(6,7)17/h16-17H,8-9H2,1-7H3. The molecule has 0 rings (SSSR count). The number of hydrogen-bond acceptors (Lipinski definition) is 4. The molecule has 0 aliphatic rings. The minimum Gasteiger partial charge on any atom is -0.444 e. The Bertz CT molecular complexity index is 265. The highest BCUT2D eigenvalue weighted by molar-refractivity contribution is 5.68. The number of aliphatic hydroxyl groups is 2. The Morgan fingerprint density at radius 3 is 1.50 bits per heavy atom. The minimum atomic E-state index is -1.04. The second-order valence-corrected chi connectivity index (χ2v) is 6.96. The van der Waals surface area contributed by atoms with E-state index in [2.05, 4.69) is 0 Å². The fourth-order valence-electron chi connectivity index (χ4n) is 1.45. The zero-order chi connectivity index (χ0) is 14.8. The molecule has 0 saturated carbocycles. The van der Waals surface area contributed by atoms with Gasteiger partial charge in [0.1, 0.15) is 5.60 Å². The van der Waals surface area contributed by atoms with E-state index in [1.165, 1.54) is 4.90 Å². The Kier molecular flexibility index (Phi) is 5.20. The molecular weight excluding hydrogens is 234 g/mol. The lowest BCUT2D eigenvalue weighted by molar-refractivity contribution is -0.0294. The van der Waals surface area contributed by atoms with Crippen LogP contribution in [-0.4, -0.2) is 51.1 Å². The first-order valence-electron chi connectivity index (χ1n) is 6.12. The van der Waals surface area contributed by atoms with Crippen molar-refractivity contribution in [1.82, 2.24) is 4.90 Å². The molecule has 18 heavy (non-hydrogen) atoms. The van der Waals surface area contributed by atoms with Crippen LogP contribution >= 0.6 is 0 Å². The number of rotatable bonds is 4. The lowest BCUT2D eigenvalue weighted by Crippen LogP contribution is -2.49. The van der Waals surface area contributed by atoms with Crippen molar-refractivity contribution < 1.29 is 19.7 Å². The number of nitrogens with zero attached hydrogens (tertiary/aromatic N) is 1. The fourth-order valence-corrected chi connectivity index (χ4v) is 1.45. The number of amides is 1. The Morgan fingerprint density at radius 2 is 1.28 bits per heavy atom. The third-order valence-electron chi connectivity index (χ3n) is 1.81. The molecule has 0 saturated heterocycles. The van der Waals surface area contributed by atoms with Gasteiger partial charge in [-0.3, -0.25) is 0 Å². The van der Waals surface area contributed by atoms with Crippen LogP contribution in [0.4, 0.5) is 4.79 Å². The summed E-state index contributed by atoms with van der Waals surface area (Å²) in [4.78, 5) is 13.3. The first-order valence-corrected chi connectivity index (χ1v) is 6.12. The molecule has 0 aromatic heterocycles. The van der Waals surface area contributed by atoms with E-state index < -0.39 is 22.9 Å². The highest BCUT2D eigenvalue weighted by atomic mass is 16.6. The van der Waals surface area contributed by atoms with Gasteiger partial charge in [0.05, 0.1) is 24.3 Å². The van der Waals surface area contributed by atoms with Crippen molar-refractivity contribution in [2.75, 3.05) is 13.1 Å². The van der Waals surface area contributed by atoms with Crippen LogP contribution in [0.1, 0.15) is 48.5 Å². The third-order valence-corrected chi connectivity index (χ3v) is 1.81. The Balaban J connectivity index is 4.82. The van der Waals surface area contributed by atoms with Gasteiger partial charge in [-0.05, 0) is 48.5 Å². The van der Waals surface area contributed by atoms with E-state index >= 15 is 0 Å². The molecule has 0 heterocycles. The lowest BCUT2D eigenvalue weighted by atomic mass is 10.1. The minimum absolute atomic E-state index is 0.103. The smallest absolute Gasteiger partial charge is 0.410 e. The highest BCUT2D eigenvalue weighted by Gasteiger charge is 2.30. The maximum Gasteiger partial charge on any atom is 0.410 e. The van der Waals surface area contributed by atoms with Crippen molar-refractivity contribution >= 4 is 6.09 Å². The van der Waals surface area contributed by atoms with Crippen LogP contribution in [0.15, 0.2) is 0 Å². The van der Waals surface area contributed by atoms with Gasteiger partial charge in [-0.2, -0.15) is 0 Å². The summed E-state index contributed by atoms with van der Waals surface area (Å²) in [6.07, 6.45) is -0.535. The molecule has 2 N–H and O–H groups in total. The number of ether oxygens (including phenoxy) is 1. The molecule has 0 aromatic rings. The van der Waals surface area contributed by atoms with Crippen molar-refractivity contribution in [3.05, 3.63) is 0 Å². The van der Waals surface area contributed by atoms with Gasteiger partial charge in [0.25, 0.3) is 0 Å². The summed E-state index contributed by atoms with van der Waals surface area (Å²) in [6.45, 7) is 12.0. The number of carbonyl (C=O) groups is 1. The topological polar surface area (TPSA) is 70.0 Å². The molecule has 0 aliphatic carbocycles. The molecule has 0 spiro atoms. The Labute approximate surface area is 110 Å². The van der Waals surface area contributed by atoms with Crippen LogP contribution in [0.2, 0.25) is 0 Å². The van der Waals surface area contributed by atoms with E-state index in [-0.39, 0.29) is 13.1 Å². The molecule has 0 radical (unpaired) electrons. The van der Waals surface area contributed by atoms with Gasteiger partial charge in [0.2, 0.25) is 0 Å². The molecule has 0 bridgehead atoms. The van der Waals surface area contributed by atoms with Crippen LogP contribution in [0.25, 0.3) is 0 Å². The maximum absolute atomic E-state index is 12.0. The van der Waals surface area contributed by atoms with Gasteiger partial charge in [-0.15, -0.1) is 0 Å². The molecule has 0 fully saturated rings. The van der Waals surface area contributed by atoms with Crippen molar-refractivity contribution in [3.8, 4) is 0 Å². The average molecular weight is 261 g/mol. The predicted molar refractivity (Wildman–Crippen MR) is 70.4 cm³/mol. The van der Waals surface area contributed by atoms with Crippen LogP contribution in [0.5, 0.6) is 0 Å². The quantitative estimate of drug-likeness (QED) is 0.809. The molecular formula is C13H27NO4. The third kappa shape index (κ3) is 9.24. The molecule has 0 aliphatic heterocycles. The van der Waals surface area contributed by atoms with Gasteiger partial charge >= 0.3 is 6.09 Å². The lowest BCUT2D eigenvalue weighted by Gasteiger charge is -2.34. The van der Waals surface area contributed by atoms with E-state index in [4.69, 9.17) is 4.74 Å². The van der Waals surface area contributed by atoms with Gasteiger partial charge < -0.3 is 19.8 Å². The summed E-state index contributed by atoms with van der Waals surface area (Å²) in [7, 11) is 0. The summed E-state index contributed by atoms with van der Waals surface area (Å²) >= 11 is 0. The molecule has 108 valence electrons. The molecule has 1 amide bonds. The van der Waals surface area contributed by atoms with E-state index in [0.29, 0.717) is 0 Å². The summed E-state index contributed by atoms with van der Waals surface area (Å²) in [6, 6.07) is 0. The van der Waals surface area contributed by atoms with Gasteiger partial charge in [0.15, 0.2) is 0 Å². The Morgan fingerprint density at radius 1 is 0.944 bits per heavy atom. The van der Waals surface area contributed by atoms with Gasteiger partial charge in [-0.25, -0.2) is 4.79 Å². The largest absolute Gasteiger partial charge is 0.444 e. The van der Waals surface area contributed by atoms with Crippen molar-refractivity contribution in [3.63, 3.8) is 0 Å². The van der Waals surface area contributed by atoms with Crippen LogP contribution in [0.3, 0.4) is 0 Å². The average Bonchev–Trinajstić information content (AvgIpc) is 1.93. The van der Waals surface area contributed by atoms with Crippen molar-refractivity contribution in [2.24, 2.45) is 0 Å². The van der Waals surface area contributed by atoms with Crippen LogP contribution < -0.4 is 0 Å². The predicted octanol–water partition coefficient (Wildman–Crippen LogP) is 1.77. The van der Waals surface area contributed by atoms with E-state index in [1.807, 2.05) is 0 Å². The summed E-state index contributed by atoms with van der Waals surface area (Å²) in [5.41, 5.74) is -2.68. The number of hydrogen-bond donors (Lipinski definition) is 2. The summed E-state index contributed by atoms with van der Waals surface area (Å²) < 4.78 is 5.26. The van der Waals surface area contributed by atoms with Crippen molar-refractivity contribution in [1.29, 1.82) is 0 Å². The first-order chi connectivity index (χ1) is 7.70. The zero-order valence-electron chi connectivity index (χ0n) is 12.6. The van der Waals surface area contributed by atoms with Gasteiger partial charge in [-0.1, -0.05) is 0 Å². The van der Waals surface area contributed by atoms with Crippen LogP contribution in [0, 0.1) is 0 Å².